The highest BCUT2D eigenvalue weighted by molar-refractivity contribution is 8.00. The Balaban J connectivity index is 1.60. The lowest BCUT2D eigenvalue weighted by Crippen LogP contribution is -2.32. The van der Waals surface area contributed by atoms with Crippen LogP contribution in [0.25, 0.3) is 54.7 Å². The van der Waals surface area contributed by atoms with Gasteiger partial charge in [-0.05, 0) is 75.2 Å². The van der Waals surface area contributed by atoms with E-state index in [1.165, 1.54) is 75.6 Å². The van der Waals surface area contributed by atoms with Crippen LogP contribution in [0.3, 0.4) is 0 Å². The Hall–Kier alpha value is -3.62. The predicted octanol–water partition coefficient (Wildman–Crippen LogP) is 9.28. The van der Waals surface area contributed by atoms with E-state index in [-0.39, 0.29) is 0 Å². The minimum absolute atomic E-state index is 0.592. The molecule has 1 nitrogen and oxygen atoms in total. The zero-order valence-electron chi connectivity index (χ0n) is 21.8. The van der Waals surface area contributed by atoms with Crippen molar-refractivity contribution in [2.24, 2.45) is 13.0 Å². The third-order valence-electron chi connectivity index (χ3n) is 7.90. The van der Waals surface area contributed by atoms with Crippen LogP contribution in [0, 0.1) is 12.8 Å². The molecule has 6 aromatic rings. The number of rotatable bonds is 3. The summed E-state index contributed by atoms with van der Waals surface area (Å²) < 4.78 is 2.35. The van der Waals surface area contributed by atoms with Gasteiger partial charge in [0.25, 0.3) is 0 Å². The van der Waals surface area contributed by atoms with Crippen molar-refractivity contribution >= 4 is 44.1 Å². The lowest BCUT2D eigenvalue weighted by atomic mass is 9.87. The molecule has 0 bridgehead atoms. The van der Waals surface area contributed by atoms with E-state index in [1.807, 2.05) is 11.8 Å². The predicted molar refractivity (Wildman–Crippen MR) is 158 cm³/mol. The fourth-order valence-corrected chi connectivity index (χ4v) is 7.60. The van der Waals surface area contributed by atoms with Crippen molar-refractivity contribution in [2.75, 3.05) is 0 Å². The second-order valence-corrected chi connectivity index (χ2v) is 11.8. The minimum atomic E-state index is 0.592. The molecule has 0 saturated carbocycles. The van der Waals surface area contributed by atoms with Gasteiger partial charge in [0.2, 0.25) is 5.69 Å². The molecular formula is C35H30NS+. The summed E-state index contributed by atoms with van der Waals surface area (Å²) in [4.78, 5) is 2.81. The van der Waals surface area contributed by atoms with Crippen LogP contribution >= 0.6 is 11.8 Å². The van der Waals surface area contributed by atoms with Crippen LogP contribution < -0.4 is 4.57 Å². The number of benzene rings is 5. The Morgan fingerprint density at radius 2 is 1.51 bits per heavy atom. The fraction of sp³-hybridized carbons (Fsp3) is 0.171. The van der Waals surface area contributed by atoms with Crippen LogP contribution in [0.15, 0.2) is 101 Å². The molecule has 5 aromatic carbocycles. The molecule has 180 valence electrons. The Morgan fingerprint density at radius 1 is 0.757 bits per heavy atom. The Labute approximate surface area is 222 Å². The summed E-state index contributed by atoms with van der Waals surface area (Å²) in [5.74, 6) is 0.592. The van der Waals surface area contributed by atoms with Gasteiger partial charge in [-0.25, -0.2) is 4.57 Å². The van der Waals surface area contributed by atoms with Gasteiger partial charge < -0.3 is 0 Å². The lowest BCUT2D eigenvalue weighted by Gasteiger charge is -2.25. The van der Waals surface area contributed by atoms with Gasteiger partial charge in [0.15, 0.2) is 6.20 Å². The first kappa shape index (κ1) is 22.6. The van der Waals surface area contributed by atoms with Gasteiger partial charge in [-0.2, -0.15) is 0 Å². The van der Waals surface area contributed by atoms with Crippen molar-refractivity contribution < 1.29 is 4.57 Å². The van der Waals surface area contributed by atoms with Gasteiger partial charge in [0, 0.05) is 21.2 Å². The molecule has 0 spiro atoms. The van der Waals surface area contributed by atoms with E-state index >= 15 is 0 Å². The third-order valence-corrected chi connectivity index (χ3v) is 9.10. The summed E-state index contributed by atoms with van der Waals surface area (Å²) in [5.41, 5.74) is 8.18. The van der Waals surface area contributed by atoms with Crippen LogP contribution in [-0.4, -0.2) is 0 Å². The molecule has 0 atom stereocenters. The number of fused-ring (bicyclic) bond motifs is 5. The van der Waals surface area contributed by atoms with Crippen LogP contribution in [0.5, 0.6) is 0 Å². The number of aryl methyl sites for hydroxylation is 2. The second-order valence-electron chi connectivity index (χ2n) is 10.8. The van der Waals surface area contributed by atoms with E-state index < -0.39 is 0 Å². The molecule has 0 fully saturated rings. The molecule has 0 saturated heterocycles. The molecule has 1 aromatic heterocycles. The standard InChI is InChI=1S/C35H30NS/c1-21(2)18-30-27-13-9-8-12-26(27)22(3)32-34-33-28(16-17-36(34)4)29-19-24(23-10-6-5-7-11-23)14-15-25(29)20-31(33)37-35(30)32/h5-17,19-21H,18H2,1-4H3/q+1. The normalized spacial score (nSPS) is 12.6. The first-order chi connectivity index (χ1) is 18.0. The van der Waals surface area contributed by atoms with Crippen molar-refractivity contribution in [2.45, 2.75) is 37.0 Å². The summed E-state index contributed by atoms with van der Waals surface area (Å²) in [5, 5.41) is 8.15. The maximum absolute atomic E-state index is 2.42. The van der Waals surface area contributed by atoms with Gasteiger partial charge in [-0.15, -0.1) is 0 Å². The molecule has 7 rings (SSSR count). The van der Waals surface area contributed by atoms with Crippen molar-refractivity contribution in [3.8, 4) is 22.4 Å². The van der Waals surface area contributed by atoms with E-state index in [9.17, 15) is 0 Å². The van der Waals surface area contributed by atoms with Crippen molar-refractivity contribution in [3.63, 3.8) is 0 Å². The zero-order valence-corrected chi connectivity index (χ0v) is 22.6. The maximum Gasteiger partial charge on any atom is 0.222 e. The van der Waals surface area contributed by atoms with Crippen molar-refractivity contribution in [1.29, 1.82) is 0 Å². The summed E-state index contributed by atoms with van der Waals surface area (Å²) in [6, 6.07) is 31.4. The molecule has 0 aliphatic carbocycles. The summed E-state index contributed by atoms with van der Waals surface area (Å²) in [6.45, 7) is 6.99. The lowest BCUT2D eigenvalue weighted by molar-refractivity contribution is -0.659. The topological polar surface area (TPSA) is 3.88 Å². The van der Waals surface area contributed by atoms with Crippen molar-refractivity contribution in [3.05, 3.63) is 102 Å². The van der Waals surface area contributed by atoms with E-state index in [0.29, 0.717) is 5.92 Å². The SMILES string of the molecule is Cc1c2c(c(CC(C)C)c3ccccc13)Sc1cc3ccc(-c4ccccc4)cc3c3cc[n+](C)c-2c13. The highest BCUT2D eigenvalue weighted by Gasteiger charge is 2.32. The van der Waals surface area contributed by atoms with Gasteiger partial charge in [0.1, 0.15) is 7.05 Å². The second kappa shape index (κ2) is 8.46. The van der Waals surface area contributed by atoms with E-state index in [0.717, 1.165) is 6.42 Å². The van der Waals surface area contributed by atoms with Crippen LogP contribution in [-0.2, 0) is 13.5 Å². The van der Waals surface area contributed by atoms with E-state index in [1.54, 1.807) is 0 Å². The molecule has 0 amide bonds. The highest BCUT2D eigenvalue weighted by atomic mass is 32.2. The van der Waals surface area contributed by atoms with Gasteiger partial charge in [0.05, 0.1) is 10.9 Å². The summed E-state index contributed by atoms with van der Waals surface area (Å²) in [6.07, 6.45) is 3.34. The number of aromatic nitrogens is 1. The Kier molecular flexibility index (Phi) is 5.16. The third kappa shape index (κ3) is 3.43. The largest absolute Gasteiger partial charge is 0.222 e. The van der Waals surface area contributed by atoms with Gasteiger partial charge in [-0.3, -0.25) is 0 Å². The average molecular weight is 497 g/mol. The molecule has 0 unspecified atom stereocenters. The Bertz CT molecular complexity index is 1870. The van der Waals surface area contributed by atoms with E-state index in [2.05, 4.69) is 124 Å². The smallest absolute Gasteiger partial charge is 0.200 e. The summed E-state index contributed by atoms with van der Waals surface area (Å²) in [7, 11) is 2.21. The molecule has 1 aliphatic rings. The number of nitrogens with zero attached hydrogens (tertiary/aromatic N) is 1. The number of pyridine rings is 1. The van der Waals surface area contributed by atoms with E-state index in [4.69, 9.17) is 0 Å². The molecule has 37 heavy (non-hydrogen) atoms. The molecular weight excluding hydrogens is 466 g/mol. The summed E-state index contributed by atoms with van der Waals surface area (Å²) >= 11 is 1.98. The monoisotopic (exact) mass is 496 g/mol. The molecule has 0 N–H and O–H groups in total. The quantitative estimate of drug-likeness (QED) is 0.174. The first-order valence-electron chi connectivity index (χ1n) is 13.2. The molecule has 0 radical (unpaired) electrons. The number of hydrogen-bond acceptors (Lipinski definition) is 1. The molecule has 2 heterocycles. The highest BCUT2D eigenvalue weighted by Crippen LogP contribution is 2.53. The van der Waals surface area contributed by atoms with Crippen LogP contribution in [0.2, 0.25) is 0 Å². The van der Waals surface area contributed by atoms with Crippen molar-refractivity contribution in [1.82, 2.24) is 0 Å². The minimum Gasteiger partial charge on any atom is -0.200 e. The average Bonchev–Trinajstić information content (AvgIpc) is 2.92. The molecule has 1 aliphatic heterocycles. The first-order valence-corrected chi connectivity index (χ1v) is 14.0. The number of hydrogen-bond donors (Lipinski definition) is 0. The van der Waals surface area contributed by atoms with Gasteiger partial charge in [-0.1, -0.05) is 92.3 Å². The van der Waals surface area contributed by atoms with Gasteiger partial charge >= 0.3 is 0 Å². The molecule has 2 heteroatoms. The Morgan fingerprint density at radius 3 is 2.30 bits per heavy atom. The van der Waals surface area contributed by atoms with Crippen LogP contribution in [0.4, 0.5) is 0 Å². The van der Waals surface area contributed by atoms with Crippen LogP contribution in [0.1, 0.15) is 25.0 Å². The zero-order chi connectivity index (χ0) is 25.3. The fourth-order valence-electron chi connectivity index (χ4n) is 6.21. The maximum atomic E-state index is 2.42.